The number of nitrogens with one attached hydrogen (secondary N) is 2. The Morgan fingerprint density at radius 1 is 1.11 bits per heavy atom. The van der Waals surface area contributed by atoms with Gasteiger partial charge in [0.1, 0.15) is 5.69 Å². The lowest BCUT2D eigenvalue weighted by Crippen LogP contribution is -2.46. The summed E-state index contributed by atoms with van der Waals surface area (Å²) >= 11 is 0. The van der Waals surface area contributed by atoms with Crippen molar-refractivity contribution >= 4 is 22.6 Å². The van der Waals surface area contributed by atoms with E-state index in [2.05, 4.69) is 30.2 Å². The van der Waals surface area contributed by atoms with E-state index in [0.29, 0.717) is 6.42 Å². The molecule has 0 atom stereocenters. The molecule has 9 nitrogen and oxygen atoms in total. The van der Waals surface area contributed by atoms with Crippen molar-refractivity contribution in [3.05, 3.63) is 63.8 Å². The van der Waals surface area contributed by atoms with Crippen molar-refractivity contribution in [3.8, 4) is 0 Å². The fraction of sp³-hybridized carbons (Fsp3) is 0.440. The number of hydrogen-bond donors (Lipinski definition) is 2. The molecule has 0 unspecified atom stereocenters. The van der Waals surface area contributed by atoms with E-state index in [0.717, 1.165) is 60.6 Å². The predicted molar refractivity (Wildman–Crippen MR) is 132 cm³/mol. The highest BCUT2D eigenvalue weighted by atomic mass is 19.3. The third kappa shape index (κ3) is 5.36. The Hall–Kier alpha value is -3.44. The molecule has 3 aromatic rings. The van der Waals surface area contributed by atoms with Crippen LogP contribution >= 0.6 is 0 Å². The van der Waals surface area contributed by atoms with Crippen molar-refractivity contribution in [2.45, 2.75) is 32.2 Å². The van der Waals surface area contributed by atoms with Gasteiger partial charge in [-0.25, -0.2) is 18.8 Å². The van der Waals surface area contributed by atoms with Gasteiger partial charge < -0.3 is 9.88 Å². The molecule has 2 aliphatic heterocycles. The number of hydrazine groups is 1. The molecule has 190 valence electrons. The number of H-pyrrole nitrogens is 1. The first-order valence-electron chi connectivity index (χ1n) is 12.2. The van der Waals surface area contributed by atoms with Crippen molar-refractivity contribution in [2.75, 3.05) is 44.2 Å². The lowest BCUT2D eigenvalue weighted by molar-refractivity contribution is 0.00699. The molecule has 5 heterocycles. The maximum atomic E-state index is 13.3. The predicted octanol–water partition coefficient (Wildman–Crippen LogP) is 2.19. The Kier molecular flexibility index (Phi) is 6.67. The first-order chi connectivity index (χ1) is 17.3. The van der Waals surface area contributed by atoms with Gasteiger partial charge in [0.2, 0.25) is 0 Å². The zero-order chi connectivity index (χ0) is 25.3. The number of piperazine rings is 1. The topological polar surface area (TPSA) is 97.5 Å². The summed E-state index contributed by atoms with van der Waals surface area (Å²) in [6.45, 7) is 5.61. The fourth-order valence-corrected chi connectivity index (χ4v) is 4.68. The minimum absolute atomic E-state index is 0.0627. The van der Waals surface area contributed by atoms with E-state index in [1.807, 2.05) is 31.3 Å². The van der Waals surface area contributed by atoms with E-state index in [-0.39, 0.29) is 24.2 Å². The van der Waals surface area contributed by atoms with Crippen LogP contribution in [-0.2, 0) is 13.0 Å². The summed E-state index contributed by atoms with van der Waals surface area (Å²) in [4.78, 5) is 40.7. The maximum absolute atomic E-state index is 13.3. The minimum Gasteiger partial charge on any atom is -0.368 e. The number of pyridine rings is 3. The quantitative estimate of drug-likeness (QED) is 0.539. The van der Waals surface area contributed by atoms with Crippen LogP contribution in [0.2, 0.25) is 0 Å². The summed E-state index contributed by atoms with van der Waals surface area (Å²) in [7, 11) is 0. The number of aromatic nitrogens is 3. The molecule has 2 saturated heterocycles. The maximum Gasteiger partial charge on any atom is 0.284 e. The number of aromatic amines is 1. The molecule has 0 radical (unpaired) electrons. The van der Waals surface area contributed by atoms with Gasteiger partial charge in [0.15, 0.2) is 0 Å². The standard InChI is InChI=1S/C25H29F2N7O2/c1-2-18-12-21-22(30-23(18)35)11-17(13-28-21)15-32-7-9-33(10-8-32)19-3-4-20(29-14-19)24(36)31-34-6-5-25(26,27)16-34/h3-4,11-14H,2,5-10,15-16H2,1H3,(H,30,35)(H,31,36). The van der Waals surface area contributed by atoms with Crippen molar-refractivity contribution in [3.63, 3.8) is 0 Å². The molecule has 0 aliphatic carbocycles. The second-order valence-corrected chi connectivity index (χ2v) is 9.39. The number of amides is 1. The molecule has 0 saturated carbocycles. The summed E-state index contributed by atoms with van der Waals surface area (Å²) in [5.74, 6) is -3.25. The van der Waals surface area contributed by atoms with Crippen LogP contribution in [0.25, 0.3) is 11.0 Å². The van der Waals surface area contributed by atoms with Crippen molar-refractivity contribution < 1.29 is 13.6 Å². The molecule has 0 aromatic carbocycles. The number of carbonyl (C=O) groups excluding carboxylic acids is 1. The van der Waals surface area contributed by atoms with Crippen LogP contribution < -0.4 is 15.9 Å². The smallest absolute Gasteiger partial charge is 0.284 e. The number of carbonyl (C=O) groups is 1. The van der Waals surface area contributed by atoms with Crippen molar-refractivity contribution in [1.29, 1.82) is 0 Å². The third-order valence-corrected chi connectivity index (χ3v) is 6.76. The Morgan fingerprint density at radius 3 is 2.58 bits per heavy atom. The molecule has 2 aliphatic rings. The second kappa shape index (κ2) is 9.90. The van der Waals surface area contributed by atoms with Gasteiger partial charge in [-0.2, -0.15) is 0 Å². The molecule has 0 spiro atoms. The molecule has 11 heteroatoms. The van der Waals surface area contributed by atoms with Gasteiger partial charge >= 0.3 is 0 Å². The SMILES string of the molecule is CCc1cc2ncc(CN3CCN(c4ccc(C(=O)NN5CCC(F)(F)C5)nc4)CC3)cc2[nH]c1=O. The Balaban J connectivity index is 1.15. The summed E-state index contributed by atoms with van der Waals surface area (Å²) in [6, 6.07) is 7.30. The van der Waals surface area contributed by atoms with Gasteiger partial charge in [-0.3, -0.25) is 24.9 Å². The van der Waals surface area contributed by atoms with Gasteiger partial charge in [-0.15, -0.1) is 0 Å². The summed E-state index contributed by atoms with van der Waals surface area (Å²) in [5.41, 5.74) is 6.88. The number of aryl methyl sites for hydroxylation is 1. The van der Waals surface area contributed by atoms with Gasteiger partial charge in [-0.1, -0.05) is 6.92 Å². The number of anilines is 1. The molecule has 2 fully saturated rings. The van der Waals surface area contributed by atoms with Crippen LogP contribution in [0, 0.1) is 0 Å². The van der Waals surface area contributed by atoms with E-state index < -0.39 is 18.4 Å². The molecule has 1 amide bonds. The molecular formula is C25H29F2N7O2. The van der Waals surface area contributed by atoms with E-state index in [1.165, 1.54) is 5.01 Å². The molecule has 3 aromatic heterocycles. The number of halogens is 2. The number of fused-ring (bicyclic) bond motifs is 1. The highest BCUT2D eigenvalue weighted by Crippen LogP contribution is 2.25. The second-order valence-electron chi connectivity index (χ2n) is 9.39. The van der Waals surface area contributed by atoms with E-state index in [4.69, 9.17) is 0 Å². The van der Waals surface area contributed by atoms with Crippen molar-refractivity contribution in [2.24, 2.45) is 0 Å². The monoisotopic (exact) mass is 497 g/mol. The Labute approximate surface area is 207 Å². The van der Waals surface area contributed by atoms with E-state index in [9.17, 15) is 18.4 Å². The lowest BCUT2D eigenvalue weighted by Gasteiger charge is -2.36. The zero-order valence-electron chi connectivity index (χ0n) is 20.1. The van der Waals surface area contributed by atoms with Crippen LogP contribution in [0.5, 0.6) is 0 Å². The van der Waals surface area contributed by atoms with Crippen LogP contribution in [-0.4, -0.2) is 76.0 Å². The summed E-state index contributed by atoms with van der Waals surface area (Å²) < 4.78 is 26.6. The largest absolute Gasteiger partial charge is 0.368 e. The molecule has 5 rings (SSSR count). The average molecular weight is 498 g/mol. The van der Waals surface area contributed by atoms with E-state index >= 15 is 0 Å². The summed E-state index contributed by atoms with van der Waals surface area (Å²) in [5, 5.41) is 1.24. The highest BCUT2D eigenvalue weighted by Gasteiger charge is 2.39. The molecule has 36 heavy (non-hydrogen) atoms. The third-order valence-electron chi connectivity index (χ3n) is 6.76. The summed E-state index contributed by atoms with van der Waals surface area (Å²) in [6.07, 6.45) is 3.92. The molecule has 0 bridgehead atoms. The van der Waals surface area contributed by atoms with Gasteiger partial charge in [0, 0.05) is 57.4 Å². The van der Waals surface area contributed by atoms with Crippen LogP contribution in [0.15, 0.2) is 41.5 Å². The van der Waals surface area contributed by atoms with Gasteiger partial charge in [-0.05, 0) is 36.2 Å². The minimum atomic E-state index is -2.77. The Morgan fingerprint density at radius 2 is 1.92 bits per heavy atom. The zero-order valence-corrected chi connectivity index (χ0v) is 20.1. The number of nitrogens with zero attached hydrogens (tertiary/aromatic N) is 5. The fourth-order valence-electron chi connectivity index (χ4n) is 4.68. The van der Waals surface area contributed by atoms with Crippen LogP contribution in [0.4, 0.5) is 14.5 Å². The average Bonchev–Trinajstić information content (AvgIpc) is 3.22. The van der Waals surface area contributed by atoms with Crippen molar-refractivity contribution in [1.82, 2.24) is 30.3 Å². The molecule has 2 N–H and O–H groups in total. The van der Waals surface area contributed by atoms with Gasteiger partial charge in [0.05, 0.1) is 29.5 Å². The first-order valence-corrected chi connectivity index (χ1v) is 12.2. The van der Waals surface area contributed by atoms with Crippen LogP contribution in [0.1, 0.15) is 35.0 Å². The number of hydrogen-bond acceptors (Lipinski definition) is 7. The number of alkyl halides is 2. The molecular weight excluding hydrogens is 468 g/mol. The lowest BCUT2D eigenvalue weighted by atomic mass is 10.1. The van der Waals surface area contributed by atoms with Gasteiger partial charge in [0.25, 0.3) is 17.4 Å². The first kappa shape index (κ1) is 24.3. The highest BCUT2D eigenvalue weighted by molar-refractivity contribution is 5.92. The normalized spacial score (nSPS) is 18.6. The number of rotatable bonds is 6. The Bertz CT molecular complexity index is 1300. The van der Waals surface area contributed by atoms with E-state index in [1.54, 1.807) is 12.3 Å². The van der Waals surface area contributed by atoms with Crippen LogP contribution in [0.3, 0.4) is 0 Å².